The first-order chi connectivity index (χ1) is 5.11. The molecule has 0 aliphatic rings. The molecule has 60 valence electrons. The molecule has 1 rings (SSSR count). The highest BCUT2D eigenvalue weighted by molar-refractivity contribution is 5.74. The molecule has 1 aromatic rings. The van der Waals surface area contributed by atoms with Crippen LogP contribution in [-0.4, -0.2) is 21.0 Å². The van der Waals surface area contributed by atoms with E-state index in [1.165, 1.54) is 6.20 Å². The number of hydrogen-bond acceptors (Lipinski definition) is 3. The number of carboxylic acid groups (broad SMARTS) is 1. The van der Waals surface area contributed by atoms with E-state index in [4.69, 9.17) is 10.8 Å². The van der Waals surface area contributed by atoms with Crippen LogP contribution in [0.15, 0.2) is 6.20 Å². The smallest absolute Gasteiger partial charge is 0.326 e. The van der Waals surface area contributed by atoms with Crippen LogP contribution in [0.4, 0.5) is 0 Å². The number of aromatic nitrogens is 2. The summed E-state index contributed by atoms with van der Waals surface area (Å²) in [5.41, 5.74) is 5.71. The molecule has 0 aromatic carbocycles. The first kappa shape index (κ1) is 7.74. The summed E-state index contributed by atoms with van der Waals surface area (Å²) in [4.78, 5) is 16.9. The molecule has 11 heavy (non-hydrogen) atoms. The van der Waals surface area contributed by atoms with Crippen molar-refractivity contribution in [3.8, 4) is 0 Å². The number of nitrogens with two attached hydrogens (primary N) is 1. The topological polar surface area (TPSA) is 92.0 Å². The lowest BCUT2D eigenvalue weighted by atomic mass is 10.2. The average molecular weight is 155 g/mol. The number of aliphatic carboxylic acids is 1. The Labute approximate surface area is 63.3 Å². The lowest BCUT2D eigenvalue weighted by Gasteiger charge is -2.00. The van der Waals surface area contributed by atoms with Crippen LogP contribution in [-0.2, 0) is 4.79 Å². The summed E-state index contributed by atoms with van der Waals surface area (Å²) in [7, 11) is 0. The van der Waals surface area contributed by atoms with E-state index in [2.05, 4.69) is 9.97 Å². The maximum absolute atomic E-state index is 10.3. The lowest BCUT2D eigenvalue weighted by molar-refractivity contribution is -0.138. The molecule has 0 spiro atoms. The number of aromatic amines is 1. The Bertz CT molecular complexity index is 269. The van der Waals surface area contributed by atoms with Crippen LogP contribution in [0.5, 0.6) is 0 Å². The van der Waals surface area contributed by atoms with Crippen molar-refractivity contribution in [2.24, 2.45) is 5.73 Å². The molecule has 0 aliphatic heterocycles. The summed E-state index contributed by atoms with van der Waals surface area (Å²) >= 11 is 0. The molecule has 1 heterocycles. The Morgan fingerprint density at radius 3 is 2.91 bits per heavy atom. The number of nitrogens with zero attached hydrogens (tertiary/aromatic N) is 1. The van der Waals surface area contributed by atoms with Crippen molar-refractivity contribution in [3.63, 3.8) is 0 Å². The fourth-order valence-electron chi connectivity index (χ4n) is 0.731. The number of H-pyrrole nitrogens is 1. The van der Waals surface area contributed by atoms with Gasteiger partial charge in [0.2, 0.25) is 0 Å². The van der Waals surface area contributed by atoms with Gasteiger partial charge in [-0.3, -0.25) is 4.79 Å². The maximum atomic E-state index is 10.3. The third-order valence-corrected chi connectivity index (χ3v) is 1.32. The van der Waals surface area contributed by atoms with Gasteiger partial charge < -0.3 is 15.8 Å². The molecular formula is C6H9N3O2. The standard InChI is InChI=1S/C6H9N3O2/c1-3-8-2-4(9-3)5(7)6(10)11/h2,5H,7H2,1H3,(H,8,9)(H,10,11). The van der Waals surface area contributed by atoms with Gasteiger partial charge in [0.15, 0.2) is 0 Å². The lowest BCUT2D eigenvalue weighted by Crippen LogP contribution is -2.20. The fraction of sp³-hybridized carbons (Fsp3) is 0.333. The molecule has 0 aliphatic carbocycles. The summed E-state index contributed by atoms with van der Waals surface area (Å²) in [6.07, 6.45) is 1.42. The van der Waals surface area contributed by atoms with Gasteiger partial charge >= 0.3 is 5.97 Å². The third-order valence-electron chi connectivity index (χ3n) is 1.32. The molecule has 4 N–H and O–H groups in total. The van der Waals surface area contributed by atoms with Crippen LogP contribution in [0.2, 0.25) is 0 Å². The number of imidazole rings is 1. The Morgan fingerprint density at radius 1 is 1.91 bits per heavy atom. The van der Waals surface area contributed by atoms with E-state index in [0.29, 0.717) is 11.5 Å². The summed E-state index contributed by atoms with van der Waals surface area (Å²) in [6, 6.07) is -1.00. The minimum Gasteiger partial charge on any atom is -0.480 e. The normalized spacial score (nSPS) is 12.9. The predicted molar refractivity (Wildman–Crippen MR) is 37.9 cm³/mol. The summed E-state index contributed by atoms with van der Waals surface area (Å²) in [5, 5.41) is 8.47. The second kappa shape index (κ2) is 2.71. The zero-order chi connectivity index (χ0) is 8.43. The number of carbonyl (C=O) groups is 1. The highest BCUT2D eigenvalue weighted by Gasteiger charge is 2.15. The Hall–Kier alpha value is -1.36. The van der Waals surface area contributed by atoms with Crippen molar-refractivity contribution >= 4 is 5.97 Å². The van der Waals surface area contributed by atoms with Gasteiger partial charge in [0.25, 0.3) is 0 Å². The minimum atomic E-state index is -1.06. The van der Waals surface area contributed by atoms with Crippen LogP contribution < -0.4 is 5.73 Å². The fourth-order valence-corrected chi connectivity index (χ4v) is 0.731. The molecule has 0 fully saturated rings. The second-order valence-corrected chi connectivity index (χ2v) is 2.24. The van der Waals surface area contributed by atoms with Gasteiger partial charge in [0, 0.05) is 0 Å². The van der Waals surface area contributed by atoms with Crippen LogP contribution in [0.25, 0.3) is 0 Å². The molecule has 5 heteroatoms. The van der Waals surface area contributed by atoms with E-state index in [1.54, 1.807) is 6.92 Å². The van der Waals surface area contributed by atoms with Gasteiger partial charge in [0.1, 0.15) is 11.9 Å². The zero-order valence-corrected chi connectivity index (χ0v) is 6.03. The number of nitrogens with one attached hydrogen (secondary N) is 1. The second-order valence-electron chi connectivity index (χ2n) is 2.24. The minimum absolute atomic E-state index is 0.426. The SMILES string of the molecule is Cc1ncc(C(N)C(=O)O)[nH]1. The maximum Gasteiger partial charge on any atom is 0.326 e. The molecule has 5 nitrogen and oxygen atoms in total. The van der Waals surface area contributed by atoms with E-state index in [9.17, 15) is 4.79 Å². The highest BCUT2D eigenvalue weighted by atomic mass is 16.4. The van der Waals surface area contributed by atoms with Gasteiger partial charge in [-0.15, -0.1) is 0 Å². The van der Waals surface area contributed by atoms with Crippen molar-refractivity contribution in [1.29, 1.82) is 0 Å². The Morgan fingerprint density at radius 2 is 2.55 bits per heavy atom. The monoisotopic (exact) mass is 155 g/mol. The molecule has 1 aromatic heterocycles. The molecule has 0 radical (unpaired) electrons. The van der Waals surface area contributed by atoms with E-state index in [0.717, 1.165) is 0 Å². The Balaban J connectivity index is 2.84. The number of hydrogen-bond donors (Lipinski definition) is 3. The largest absolute Gasteiger partial charge is 0.480 e. The summed E-state index contributed by atoms with van der Waals surface area (Å²) in [6.45, 7) is 1.73. The van der Waals surface area contributed by atoms with Gasteiger partial charge in [-0.2, -0.15) is 0 Å². The van der Waals surface area contributed by atoms with Crippen LogP contribution in [0.3, 0.4) is 0 Å². The molecule has 1 atom stereocenters. The van der Waals surface area contributed by atoms with E-state index >= 15 is 0 Å². The third kappa shape index (κ3) is 1.56. The van der Waals surface area contributed by atoms with Gasteiger partial charge in [-0.1, -0.05) is 0 Å². The number of rotatable bonds is 2. The summed E-state index contributed by atoms with van der Waals surface area (Å²) in [5.74, 6) is -0.398. The van der Waals surface area contributed by atoms with E-state index < -0.39 is 12.0 Å². The molecule has 0 bridgehead atoms. The van der Waals surface area contributed by atoms with Crippen molar-refractivity contribution in [1.82, 2.24) is 9.97 Å². The number of carboxylic acids is 1. The van der Waals surface area contributed by atoms with Crippen LogP contribution in [0.1, 0.15) is 17.6 Å². The molecule has 1 unspecified atom stereocenters. The van der Waals surface area contributed by atoms with E-state index in [-0.39, 0.29) is 0 Å². The number of aryl methyl sites for hydroxylation is 1. The van der Waals surface area contributed by atoms with Crippen LogP contribution >= 0.6 is 0 Å². The van der Waals surface area contributed by atoms with Gasteiger partial charge in [0.05, 0.1) is 11.9 Å². The van der Waals surface area contributed by atoms with Gasteiger partial charge in [-0.25, -0.2) is 4.98 Å². The quantitative estimate of drug-likeness (QED) is 0.551. The molecule has 0 saturated heterocycles. The van der Waals surface area contributed by atoms with Gasteiger partial charge in [-0.05, 0) is 6.92 Å². The molecular weight excluding hydrogens is 146 g/mol. The summed E-state index contributed by atoms with van der Waals surface area (Å²) < 4.78 is 0. The predicted octanol–water partition coefficient (Wildman–Crippen LogP) is -0.197. The Kier molecular flexibility index (Phi) is 1.91. The van der Waals surface area contributed by atoms with Crippen molar-refractivity contribution in [2.75, 3.05) is 0 Å². The first-order valence-corrected chi connectivity index (χ1v) is 3.11. The van der Waals surface area contributed by atoms with Crippen molar-refractivity contribution < 1.29 is 9.90 Å². The highest BCUT2D eigenvalue weighted by Crippen LogP contribution is 2.06. The van der Waals surface area contributed by atoms with Crippen LogP contribution in [0, 0.1) is 6.92 Å². The van der Waals surface area contributed by atoms with Crippen molar-refractivity contribution in [2.45, 2.75) is 13.0 Å². The molecule has 0 saturated carbocycles. The van der Waals surface area contributed by atoms with Crippen molar-refractivity contribution in [3.05, 3.63) is 17.7 Å². The average Bonchev–Trinajstić information content (AvgIpc) is 2.34. The molecule has 0 amide bonds. The zero-order valence-electron chi connectivity index (χ0n) is 6.03. The van der Waals surface area contributed by atoms with E-state index in [1.807, 2.05) is 0 Å². The first-order valence-electron chi connectivity index (χ1n) is 3.11.